The number of hydrogen-bond acceptors (Lipinski definition) is 5. The van der Waals surface area contributed by atoms with Crippen LogP contribution in [0.1, 0.15) is 53.9 Å². The fourth-order valence-corrected chi connectivity index (χ4v) is 6.40. The van der Waals surface area contributed by atoms with E-state index in [1.807, 2.05) is 12.2 Å². The van der Waals surface area contributed by atoms with Crippen LogP contribution in [-0.4, -0.2) is 29.6 Å². The van der Waals surface area contributed by atoms with Gasteiger partial charge in [-0.25, -0.2) is 4.79 Å². The molecule has 7 heteroatoms. The predicted molar refractivity (Wildman–Crippen MR) is 106 cm³/mol. The summed E-state index contributed by atoms with van der Waals surface area (Å²) in [5.74, 6) is -2.52. The molecule has 3 aliphatic rings. The third-order valence-corrected chi connectivity index (χ3v) is 7.80. The molecule has 3 aliphatic carbocycles. The molecule has 1 aromatic heterocycles. The average molecular weight is 404 g/mol. The second-order valence-corrected chi connectivity index (χ2v) is 9.19. The first-order valence-corrected chi connectivity index (χ1v) is 10.7. The Hall–Kier alpha value is -2.15. The van der Waals surface area contributed by atoms with Gasteiger partial charge >= 0.3 is 11.9 Å². The summed E-state index contributed by atoms with van der Waals surface area (Å²) in [6.45, 7) is 3.69. The standard InChI is InChI=1S/C21H25NO5S/c1-3-27-19(24)15-13-6-4-5-7-14(13)28-18(15)22-17(23)16-11-8-9-12(10-11)21(16,2)20(25)26/h8-9,11-12,16H,3-7,10H2,1-2H3,(H,22,23)(H,25,26)/t11-,12-,16+,21-/m0/s1. The van der Waals surface area contributed by atoms with Crippen molar-refractivity contribution in [3.63, 3.8) is 0 Å². The van der Waals surface area contributed by atoms with Crippen LogP contribution in [0.15, 0.2) is 12.2 Å². The topological polar surface area (TPSA) is 92.7 Å². The molecule has 0 spiro atoms. The zero-order valence-electron chi connectivity index (χ0n) is 16.1. The van der Waals surface area contributed by atoms with Crippen molar-refractivity contribution in [2.75, 3.05) is 11.9 Å². The third-order valence-electron chi connectivity index (χ3n) is 6.59. The lowest BCUT2D eigenvalue weighted by Crippen LogP contribution is -2.45. The molecule has 0 radical (unpaired) electrons. The fraction of sp³-hybridized carbons (Fsp3) is 0.571. The Morgan fingerprint density at radius 2 is 2.04 bits per heavy atom. The summed E-state index contributed by atoms with van der Waals surface area (Å²) in [5.41, 5.74) is 0.328. The summed E-state index contributed by atoms with van der Waals surface area (Å²) in [7, 11) is 0. The van der Waals surface area contributed by atoms with Gasteiger partial charge in [0.2, 0.25) is 5.91 Å². The molecule has 1 aromatic rings. The van der Waals surface area contributed by atoms with Gasteiger partial charge in [0.05, 0.1) is 23.5 Å². The number of esters is 1. The molecule has 2 N–H and O–H groups in total. The molecule has 4 rings (SSSR count). The van der Waals surface area contributed by atoms with Crippen LogP contribution in [0.5, 0.6) is 0 Å². The molecule has 0 aromatic carbocycles. The molecule has 4 atom stereocenters. The number of ether oxygens (including phenoxy) is 1. The van der Waals surface area contributed by atoms with Crippen molar-refractivity contribution in [1.29, 1.82) is 0 Å². The maximum atomic E-state index is 13.2. The summed E-state index contributed by atoms with van der Waals surface area (Å²) in [6, 6.07) is 0. The molecule has 1 fully saturated rings. The molecule has 1 saturated carbocycles. The highest BCUT2D eigenvalue weighted by atomic mass is 32.1. The number of hydrogen-bond donors (Lipinski definition) is 2. The van der Waals surface area contributed by atoms with Crippen molar-refractivity contribution in [2.45, 2.75) is 46.0 Å². The quantitative estimate of drug-likeness (QED) is 0.578. The Morgan fingerprint density at radius 1 is 1.29 bits per heavy atom. The highest BCUT2D eigenvalue weighted by Crippen LogP contribution is 2.56. The van der Waals surface area contributed by atoms with E-state index in [1.54, 1.807) is 13.8 Å². The van der Waals surface area contributed by atoms with Gasteiger partial charge in [0.1, 0.15) is 5.00 Å². The number of carbonyl (C=O) groups is 3. The average Bonchev–Trinajstić information content (AvgIpc) is 3.33. The Kier molecular flexibility index (Phi) is 4.81. The molecule has 28 heavy (non-hydrogen) atoms. The van der Waals surface area contributed by atoms with Crippen molar-refractivity contribution in [3.8, 4) is 0 Å². The van der Waals surface area contributed by atoms with Gasteiger partial charge in [0, 0.05) is 4.88 Å². The van der Waals surface area contributed by atoms with E-state index in [2.05, 4.69) is 5.32 Å². The van der Waals surface area contributed by atoms with Crippen LogP contribution in [0.3, 0.4) is 0 Å². The van der Waals surface area contributed by atoms with E-state index >= 15 is 0 Å². The van der Waals surface area contributed by atoms with Gasteiger partial charge in [-0.3, -0.25) is 9.59 Å². The number of amides is 1. The summed E-state index contributed by atoms with van der Waals surface area (Å²) < 4.78 is 5.24. The van der Waals surface area contributed by atoms with Crippen molar-refractivity contribution in [1.82, 2.24) is 0 Å². The highest BCUT2D eigenvalue weighted by Gasteiger charge is 2.60. The Labute approximate surface area is 168 Å². The monoisotopic (exact) mass is 403 g/mol. The second-order valence-electron chi connectivity index (χ2n) is 8.08. The highest BCUT2D eigenvalue weighted by molar-refractivity contribution is 7.17. The van der Waals surface area contributed by atoms with E-state index in [0.717, 1.165) is 36.1 Å². The number of aliphatic carboxylic acids is 1. The first kappa shape index (κ1) is 19.2. The minimum atomic E-state index is -1.12. The van der Waals surface area contributed by atoms with Gasteiger partial charge in [-0.1, -0.05) is 12.2 Å². The molecular weight excluding hydrogens is 378 g/mol. The number of carboxylic acid groups (broad SMARTS) is 1. The van der Waals surface area contributed by atoms with Crippen LogP contribution in [0, 0.1) is 23.2 Å². The number of allylic oxidation sites excluding steroid dienone is 2. The summed E-state index contributed by atoms with van der Waals surface area (Å²) in [5, 5.41) is 13.3. The summed E-state index contributed by atoms with van der Waals surface area (Å²) in [6.07, 6.45) is 8.36. The second kappa shape index (κ2) is 7.03. The number of rotatable bonds is 5. The van der Waals surface area contributed by atoms with Gasteiger partial charge in [-0.2, -0.15) is 0 Å². The normalized spacial score (nSPS) is 30.1. The third kappa shape index (κ3) is 2.79. The fourth-order valence-electron chi connectivity index (χ4n) is 5.12. The molecule has 6 nitrogen and oxygen atoms in total. The van der Waals surface area contributed by atoms with E-state index in [9.17, 15) is 19.5 Å². The lowest BCUT2D eigenvalue weighted by molar-refractivity contribution is -0.155. The SMILES string of the molecule is CCOC(=O)c1c(NC(=O)[C@H]2[C@H]3C=C[C@@H](C3)[C@]2(C)C(=O)O)sc2c1CCCC2. The van der Waals surface area contributed by atoms with E-state index in [-0.39, 0.29) is 24.3 Å². The van der Waals surface area contributed by atoms with Gasteiger partial charge in [-0.05, 0) is 63.4 Å². The number of fused-ring (bicyclic) bond motifs is 3. The molecule has 0 unspecified atom stereocenters. The van der Waals surface area contributed by atoms with Gasteiger partial charge in [0.25, 0.3) is 0 Å². The van der Waals surface area contributed by atoms with Gasteiger partial charge in [-0.15, -0.1) is 11.3 Å². The van der Waals surface area contributed by atoms with Crippen molar-refractivity contribution in [2.24, 2.45) is 23.2 Å². The van der Waals surface area contributed by atoms with Crippen LogP contribution >= 0.6 is 11.3 Å². The molecule has 1 heterocycles. The van der Waals surface area contributed by atoms with Gasteiger partial charge in [0.15, 0.2) is 0 Å². The number of aryl methyl sites for hydroxylation is 1. The first-order valence-electron chi connectivity index (χ1n) is 9.92. The largest absolute Gasteiger partial charge is 0.481 e. The van der Waals surface area contributed by atoms with E-state index in [0.29, 0.717) is 17.0 Å². The predicted octanol–water partition coefficient (Wildman–Crippen LogP) is 3.66. The Morgan fingerprint density at radius 3 is 2.75 bits per heavy atom. The van der Waals surface area contributed by atoms with E-state index in [1.165, 1.54) is 11.3 Å². The molecule has 0 saturated heterocycles. The first-order chi connectivity index (χ1) is 13.4. The van der Waals surface area contributed by atoms with Crippen molar-refractivity contribution >= 4 is 34.2 Å². The lowest BCUT2D eigenvalue weighted by atomic mass is 9.69. The minimum absolute atomic E-state index is 0.0771. The Bertz CT molecular complexity index is 872. The molecule has 0 aliphatic heterocycles. The molecule has 1 amide bonds. The molecule has 2 bridgehead atoms. The maximum absolute atomic E-state index is 13.2. The van der Waals surface area contributed by atoms with Crippen molar-refractivity contribution in [3.05, 3.63) is 28.2 Å². The number of anilines is 1. The Balaban J connectivity index is 1.67. The van der Waals surface area contributed by atoms with Crippen LogP contribution in [0.25, 0.3) is 0 Å². The molecular formula is C21H25NO5S. The van der Waals surface area contributed by atoms with E-state index in [4.69, 9.17) is 4.74 Å². The molecule has 150 valence electrons. The number of nitrogens with one attached hydrogen (secondary N) is 1. The number of carboxylic acids is 1. The smallest absolute Gasteiger partial charge is 0.341 e. The minimum Gasteiger partial charge on any atom is -0.481 e. The van der Waals surface area contributed by atoms with Crippen LogP contribution in [0.2, 0.25) is 0 Å². The summed E-state index contributed by atoms with van der Waals surface area (Å²) >= 11 is 1.43. The van der Waals surface area contributed by atoms with Gasteiger partial charge < -0.3 is 15.2 Å². The number of thiophene rings is 1. The van der Waals surface area contributed by atoms with Crippen molar-refractivity contribution < 1.29 is 24.2 Å². The summed E-state index contributed by atoms with van der Waals surface area (Å²) in [4.78, 5) is 38.9. The van der Waals surface area contributed by atoms with Crippen LogP contribution < -0.4 is 5.32 Å². The zero-order valence-corrected chi connectivity index (χ0v) is 16.9. The van der Waals surface area contributed by atoms with Crippen LogP contribution in [0.4, 0.5) is 5.00 Å². The maximum Gasteiger partial charge on any atom is 0.341 e. The lowest BCUT2D eigenvalue weighted by Gasteiger charge is -2.33. The van der Waals surface area contributed by atoms with Crippen LogP contribution in [-0.2, 0) is 27.2 Å². The zero-order chi connectivity index (χ0) is 20.1. The van der Waals surface area contributed by atoms with E-state index < -0.39 is 23.3 Å². The number of carbonyl (C=O) groups excluding carboxylic acids is 2.